The molecule has 2 rings (SSSR count). The summed E-state index contributed by atoms with van der Waals surface area (Å²) in [5.41, 5.74) is 1.30. The monoisotopic (exact) mass is 256 g/mol. The molecule has 1 nitrogen and oxygen atoms in total. The van der Waals surface area contributed by atoms with Crippen LogP contribution in [-0.4, -0.2) is 5.11 Å². The van der Waals surface area contributed by atoms with E-state index in [1.54, 1.807) is 17.4 Å². The summed E-state index contributed by atoms with van der Waals surface area (Å²) in [6.07, 6.45) is -0.795. The number of rotatable bonds is 2. The molecule has 2 aromatic rings. The van der Waals surface area contributed by atoms with Crippen molar-refractivity contribution in [1.82, 2.24) is 0 Å². The highest BCUT2D eigenvalue weighted by Gasteiger charge is 2.13. The molecule has 1 heterocycles. The van der Waals surface area contributed by atoms with E-state index in [2.05, 4.69) is 0 Å². The fourth-order valence-corrected chi connectivity index (χ4v) is 2.32. The van der Waals surface area contributed by atoms with Gasteiger partial charge in [-0.15, -0.1) is 11.3 Å². The molecule has 84 valence electrons. The lowest BCUT2D eigenvalue weighted by atomic mass is 10.0. The third-order valence-electron chi connectivity index (χ3n) is 2.33. The molecule has 1 atom stereocenters. The van der Waals surface area contributed by atoms with Crippen molar-refractivity contribution in [3.63, 3.8) is 0 Å². The van der Waals surface area contributed by atoms with Gasteiger partial charge in [0.25, 0.3) is 0 Å². The number of benzene rings is 1. The van der Waals surface area contributed by atoms with Crippen molar-refractivity contribution in [3.8, 4) is 0 Å². The van der Waals surface area contributed by atoms with Crippen molar-refractivity contribution in [3.05, 3.63) is 56.5 Å². The summed E-state index contributed by atoms with van der Waals surface area (Å²) < 4.78 is 13.2. The first-order valence-electron chi connectivity index (χ1n) is 4.76. The van der Waals surface area contributed by atoms with Gasteiger partial charge in [0.15, 0.2) is 0 Å². The zero-order valence-corrected chi connectivity index (χ0v) is 10.1. The Morgan fingerprint density at radius 2 is 2.06 bits per heavy atom. The van der Waals surface area contributed by atoms with E-state index in [4.69, 9.17) is 11.6 Å². The Morgan fingerprint density at radius 3 is 2.62 bits per heavy atom. The molecular formula is C12H10ClFOS. The second-order valence-electron chi connectivity index (χ2n) is 3.57. The molecule has 0 radical (unpaired) electrons. The van der Waals surface area contributed by atoms with Crippen LogP contribution in [0, 0.1) is 12.7 Å². The second-order valence-corrected chi connectivity index (χ2v) is 5.09. The predicted molar refractivity (Wildman–Crippen MR) is 64.5 cm³/mol. The molecule has 1 N–H and O–H groups in total. The van der Waals surface area contributed by atoms with E-state index in [1.165, 1.54) is 12.1 Å². The highest BCUT2D eigenvalue weighted by atomic mass is 35.5. The maximum absolute atomic E-state index is 13.2. The van der Waals surface area contributed by atoms with Crippen LogP contribution in [0.5, 0.6) is 0 Å². The van der Waals surface area contributed by atoms with Gasteiger partial charge in [0.05, 0.1) is 5.02 Å². The van der Waals surface area contributed by atoms with Crippen molar-refractivity contribution in [1.29, 1.82) is 0 Å². The molecular weight excluding hydrogens is 247 g/mol. The Hall–Kier alpha value is -0.900. The van der Waals surface area contributed by atoms with Crippen LogP contribution >= 0.6 is 22.9 Å². The third kappa shape index (κ3) is 2.26. The van der Waals surface area contributed by atoms with Crippen LogP contribution in [0.4, 0.5) is 4.39 Å². The molecule has 1 aromatic carbocycles. The molecule has 0 saturated carbocycles. The number of aliphatic hydroxyl groups is 1. The van der Waals surface area contributed by atoms with Crippen molar-refractivity contribution in [2.45, 2.75) is 13.0 Å². The fraction of sp³-hybridized carbons (Fsp3) is 0.167. The predicted octanol–water partition coefficient (Wildman–Crippen LogP) is 3.93. The number of thiophene rings is 1. The summed E-state index contributed by atoms with van der Waals surface area (Å²) in [6.45, 7) is 1.96. The lowest BCUT2D eigenvalue weighted by Gasteiger charge is -2.09. The van der Waals surface area contributed by atoms with Crippen molar-refractivity contribution in [2.24, 2.45) is 0 Å². The molecule has 0 saturated heterocycles. The van der Waals surface area contributed by atoms with Gasteiger partial charge >= 0.3 is 0 Å². The Kier molecular flexibility index (Phi) is 3.28. The van der Waals surface area contributed by atoms with Crippen LogP contribution < -0.4 is 0 Å². The van der Waals surface area contributed by atoms with Crippen molar-refractivity contribution < 1.29 is 9.50 Å². The average molecular weight is 257 g/mol. The molecule has 0 aliphatic carbocycles. The minimum absolute atomic E-state index is 0.0671. The van der Waals surface area contributed by atoms with E-state index >= 15 is 0 Å². The molecule has 0 aliphatic heterocycles. The smallest absolute Gasteiger partial charge is 0.142 e. The first-order chi connectivity index (χ1) is 7.58. The third-order valence-corrected chi connectivity index (χ3v) is 3.51. The fourth-order valence-electron chi connectivity index (χ4n) is 1.48. The highest BCUT2D eigenvalue weighted by molar-refractivity contribution is 7.10. The number of aryl methyl sites for hydroxylation is 1. The van der Waals surface area contributed by atoms with Crippen LogP contribution in [0.2, 0.25) is 5.02 Å². The number of hydrogen-bond acceptors (Lipinski definition) is 2. The van der Waals surface area contributed by atoms with E-state index in [9.17, 15) is 9.50 Å². The molecule has 1 unspecified atom stereocenters. The molecule has 1 aromatic heterocycles. The van der Waals surface area contributed by atoms with Gasteiger partial charge in [-0.25, -0.2) is 4.39 Å². The maximum Gasteiger partial charge on any atom is 0.142 e. The van der Waals surface area contributed by atoms with E-state index in [1.807, 2.05) is 18.4 Å². The first kappa shape index (κ1) is 11.6. The number of halogens is 2. The molecule has 0 bridgehead atoms. The molecule has 0 amide bonds. The quantitative estimate of drug-likeness (QED) is 0.863. The minimum atomic E-state index is -0.795. The van der Waals surface area contributed by atoms with Gasteiger partial charge in [-0.1, -0.05) is 17.7 Å². The van der Waals surface area contributed by atoms with Crippen molar-refractivity contribution in [2.75, 3.05) is 0 Å². The van der Waals surface area contributed by atoms with Gasteiger partial charge in [-0.05, 0) is 41.6 Å². The Balaban J connectivity index is 2.33. The molecule has 0 aliphatic rings. The van der Waals surface area contributed by atoms with Crippen LogP contribution in [0.15, 0.2) is 29.6 Å². The standard InChI is InChI=1S/C12H10ClFOS/c1-7-4-9(6-16-7)12(15)8-2-3-10(13)11(14)5-8/h2-6,12,15H,1H3. The molecule has 16 heavy (non-hydrogen) atoms. The van der Waals surface area contributed by atoms with Gasteiger partial charge in [0.1, 0.15) is 11.9 Å². The topological polar surface area (TPSA) is 20.2 Å². The largest absolute Gasteiger partial charge is 0.384 e. The van der Waals surface area contributed by atoms with Crippen molar-refractivity contribution >= 4 is 22.9 Å². The van der Waals surface area contributed by atoms with E-state index < -0.39 is 11.9 Å². The van der Waals surface area contributed by atoms with Crippen LogP contribution in [0.1, 0.15) is 22.1 Å². The Bertz CT molecular complexity index is 509. The van der Waals surface area contributed by atoms with Gasteiger partial charge in [-0.2, -0.15) is 0 Å². The Morgan fingerprint density at radius 1 is 1.31 bits per heavy atom. The summed E-state index contributed by atoms with van der Waals surface area (Å²) in [7, 11) is 0. The van der Waals surface area contributed by atoms with Gasteiger partial charge in [0.2, 0.25) is 0 Å². The van der Waals surface area contributed by atoms with Gasteiger partial charge in [0, 0.05) is 4.88 Å². The zero-order chi connectivity index (χ0) is 11.7. The summed E-state index contributed by atoms with van der Waals surface area (Å²) in [4.78, 5) is 1.11. The molecule has 0 spiro atoms. The van der Waals surface area contributed by atoms with Gasteiger partial charge < -0.3 is 5.11 Å². The number of hydrogen-bond donors (Lipinski definition) is 1. The average Bonchev–Trinajstić information content (AvgIpc) is 2.68. The second kappa shape index (κ2) is 4.53. The van der Waals surface area contributed by atoms with E-state index in [-0.39, 0.29) is 5.02 Å². The summed E-state index contributed by atoms with van der Waals surface area (Å²) in [5.74, 6) is -0.509. The summed E-state index contributed by atoms with van der Waals surface area (Å²) in [6, 6.07) is 6.24. The summed E-state index contributed by atoms with van der Waals surface area (Å²) in [5, 5.41) is 12.0. The minimum Gasteiger partial charge on any atom is -0.384 e. The van der Waals surface area contributed by atoms with E-state index in [0.29, 0.717) is 5.56 Å². The zero-order valence-electron chi connectivity index (χ0n) is 8.58. The first-order valence-corrected chi connectivity index (χ1v) is 6.02. The number of aliphatic hydroxyl groups excluding tert-OH is 1. The summed E-state index contributed by atoms with van der Waals surface area (Å²) >= 11 is 7.14. The van der Waals surface area contributed by atoms with Crippen LogP contribution in [-0.2, 0) is 0 Å². The van der Waals surface area contributed by atoms with Crippen LogP contribution in [0.25, 0.3) is 0 Å². The highest BCUT2D eigenvalue weighted by Crippen LogP contribution is 2.28. The van der Waals surface area contributed by atoms with Crippen LogP contribution in [0.3, 0.4) is 0 Å². The molecule has 0 fully saturated rings. The maximum atomic E-state index is 13.2. The Labute approximate surface area is 102 Å². The lowest BCUT2D eigenvalue weighted by Crippen LogP contribution is -1.98. The van der Waals surface area contributed by atoms with Gasteiger partial charge in [-0.3, -0.25) is 0 Å². The SMILES string of the molecule is Cc1cc(C(O)c2ccc(Cl)c(F)c2)cs1. The van der Waals surface area contributed by atoms with E-state index in [0.717, 1.165) is 10.4 Å². The normalized spacial score (nSPS) is 12.8. The molecule has 4 heteroatoms. The lowest BCUT2D eigenvalue weighted by molar-refractivity contribution is 0.220.